The van der Waals surface area contributed by atoms with Crippen LogP contribution >= 0.6 is 15.9 Å². The number of rotatable bonds is 2. The second-order valence-corrected chi connectivity index (χ2v) is 5.27. The lowest BCUT2D eigenvalue weighted by Crippen LogP contribution is -2.28. The van der Waals surface area contributed by atoms with Gasteiger partial charge in [-0.2, -0.15) is 10.1 Å². The van der Waals surface area contributed by atoms with Crippen molar-refractivity contribution in [2.24, 2.45) is 5.10 Å². The highest BCUT2D eigenvalue weighted by molar-refractivity contribution is 9.10. The zero-order valence-electron chi connectivity index (χ0n) is 11.1. The molecule has 0 spiro atoms. The van der Waals surface area contributed by atoms with Crippen LogP contribution in [0, 0.1) is 17.8 Å². The first-order valence-electron chi connectivity index (χ1n) is 6.46. The maximum atomic E-state index is 13.2. The zero-order valence-corrected chi connectivity index (χ0v) is 12.7. The largest absolute Gasteiger partial charge is 0.272 e. The molecule has 5 heteroatoms. The van der Waals surface area contributed by atoms with Gasteiger partial charge in [0.15, 0.2) is 0 Å². The molecule has 104 valence electrons. The first kappa shape index (κ1) is 14.7. The van der Waals surface area contributed by atoms with Crippen molar-refractivity contribution in [2.45, 2.75) is 32.6 Å². The highest BCUT2D eigenvalue weighted by atomic mass is 79.9. The van der Waals surface area contributed by atoms with Gasteiger partial charge in [0.1, 0.15) is 5.82 Å². The van der Waals surface area contributed by atoms with Crippen LogP contribution in [0.2, 0.25) is 0 Å². The number of hydrazone groups is 1. The van der Waals surface area contributed by atoms with Gasteiger partial charge < -0.3 is 0 Å². The standard InChI is InChI=1S/C15H14BrFN2O/c1-2-3-4-9-19-15(20)8-7-14(18-19)11-5-6-13(17)12(16)10-11/h5-6,10H,2-3,7-8H2,1H3. The van der Waals surface area contributed by atoms with E-state index in [1.165, 1.54) is 11.1 Å². The van der Waals surface area contributed by atoms with Crippen LogP contribution in [0.3, 0.4) is 0 Å². The van der Waals surface area contributed by atoms with Crippen LogP contribution in [0.5, 0.6) is 0 Å². The fraction of sp³-hybridized carbons (Fsp3) is 0.333. The Kier molecular flexibility index (Phi) is 4.91. The predicted octanol–water partition coefficient (Wildman–Crippen LogP) is 3.68. The predicted molar refractivity (Wildman–Crippen MR) is 79.4 cm³/mol. The molecule has 0 saturated carbocycles. The quantitative estimate of drug-likeness (QED) is 0.758. The smallest absolute Gasteiger partial charge is 0.255 e. The molecule has 1 aliphatic rings. The molecule has 1 heterocycles. The second-order valence-electron chi connectivity index (χ2n) is 4.42. The summed E-state index contributed by atoms with van der Waals surface area (Å²) in [5.41, 5.74) is 1.55. The van der Waals surface area contributed by atoms with Gasteiger partial charge in [-0.15, -0.1) is 0 Å². The van der Waals surface area contributed by atoms with E-state index in [1.807, 2.05) is 6.92 Å². The minimum atomic E-state index is -0.319. The number of carbonyl (C=O) groups is 1. The van der Waals surface area contributed by atoms with E-state index < -0.39 is 0 Å². The van der Waals surface area contributed by atoms with Crippen LogP contribution in [0.25, 0.3) is 0 Å². The molecule has 20 heavy (non-hydrogen) atoms. The Hall–Kier alpha value is -1.67. The van der Waals surface area contributed by atoms with Gasteiger partial charge in [-0.25, -0.2) is 4.39 Å². The number of halogens is 2. The van der Waals surface area contributed by atoms with Gasteiger partial charge in [-0.1, -0.05) is 18.9 Å². The monoisotopic (exact) mass is 336 g/mol. The Morgan fingerprint density at radius 1 is 1.45 bits per heavy atom. The Balaban J connectivity index is 2.27. The fourth-order valence-electron chi connectivity index (χ4n) is 1.78. The fourth-order valence-corrected chi connectivity index (χ4v) is 2.16. The van der Waals surface area contributed by atoms with Crippen molar-refractivity contribution in [3.05, 3.63) is 34.1 Å². The molecule has 0 aliphatic carbocycles. The first-order valence-corrected chi connectivity index (χ1v) is 7.25. The number of unbranched alkanes of at least 4 members (excludes halogenated alkanes) is 1. The third-order valence-corrected chi connectivity index (χ3v) is 3.45. The average Bonchev–Trinajstić information content (AvgIpc) is 2.44. The van der Waals surface area contributed by atoms with Gasteiger partial charge in [0, 0.05) is 25.3 Å². The van der Waals surface area contributed by atoms with Crippen LogP contribution < -0.4 is 0 Å². The number of carbonyl (C=O) groups excluding carboxylic acids is 1. The summed E-state index contributed by atoms with van der Waals surface area (Å²) in [6, 6.07) is 7.47. The van der Waals surface area contributed by atoms with E-state index in [2.05, 4.69) is 33.0 Å². The van der Waals surface area contributed by atoms with Crippen molar-refractivity contribution in [1.82, 2.24) is 5.01 Å². The zero-order chi connectivity index (χ0) is 14.5. The normalized spacial score (nSPS) is 14.7. The number of hydrogen-bond donors (Lipinski definition) is 0. The molecule has 2 rings (SSSR count). The first-order chi connectivity index (χ1) is 9.61. The van der Waals surface area contributed by atoms with E-state index in [9.17, 15) is 9.18 Å². The van der Waals surface area contributed by atoms with Crippen molar-refractivity contribution >= 4 is 27.5 Å². The van der Waals surface area contributed by atoms with Gasteiger partial charge in [0.2, 0.25) is 0 Å². The summed E-state index contributed by atoms with van der Waals surface area (Å²) in [7, 11) is 0. The molecular weight excluding hydrogens is 323 g/mol. The number of amides is 1. The van der Waals surface area contributed by atoms with Crippen LogP contribution in [-0.4, -0.2) is 16.6 Å². The molecule has 0 saturated heterocycles. The third-order valence-electron chi connectivity index (χ3n) is 2.85. The molecule has 0 fully saturated rings. The number of hydrogen-bond acceptors (Lipinski definition) is 2. The lowest BCUT2D eigenvalue weighted by atomic mass is 10.0. The summed E-state index contributed by atoms with van der Waals surface area (Å²) >= 11 is 3.15. The van der Waals surface area contributed by atoms with Crippen molar-refractivity contribution in [3.63, 3.8) is 0 Å². The topological polar surface area (TPSA) is 32.7 Å². The van der Waals surface area contributed by atoms with Gasteiger partial charge in [0.25, 0.3) is 5.91 Å². The van der Waals surface area contributed by atoms with E-state index in [-0.39, 0.29) is 11.7 Å². The van der Waals surface area contributed by atoms with Gasteiger partial charge >= 0.3 is 0 Å². The molecule has 0 radical (unpaired) electrons. The van der Waals surface area contributed by atoms with E-state index in [0.29, 0.717) is 17.3 Å². The SMILES string of the molecule is CCCC#CN1N=C(c2ccc(F)c(Br)c2)CCC1=O. The van der Waals surface area contributed by atoms with Gasteiger partial charge in [-0.3, -0.25) is 4.79 Å². The second kappa shape index (κ2) is 6.67. The van der Waals surface area contributed by atoms with Crippen LogP contribution in [0.4, 0.5) is 4.39 Å². The molecule has 0 bridgehead atoms. The van der Waals surface area contributed by atoms with Crippen molar-refractivity contribution in [1.29, 1.82) is 0 Å². The van der Waals surface area contributed by atoms with E-state index >= 15 is 0 Å². The lowest BCUT2D eigenvalue weighted by molar-refractivity contribution is -0.128. The maximum Gasteiger partial charge on any atom is 0.255 e. The van der Waals surface area contributed by atoms with Crippen LogP contribution in [0.1, 0.15) is 38.2 Å². The molecule has 0 N–H and O–H groups in total. The molecule has 1 aromatic rings. The average molecular weight is 337 g/mol. The van der Waals surface area contributed by atoms with E-state index in [1.54, 1.807) is 12.1 Å². The Morgan fingerprint density at radius 3 is 2.95 bits per heavy atom. The molecule has 0 aromatic heterocycles. The number of nitrogens with zero attached hydrogens (tertiary/aromatic N) is 2. The summed E-state index contributed by atoms with van der Waals surface area (Å²) in [5.74, 6) is 2.49. The molecular formula is C15H14BrFN2O. The summed E-state index contributed by atoms with van der Waals surface area (Å²) < 4.78 is 13.6. The van der Waals surface area contributed by atoms with Crippen LogP contribution in [-0.2, 0) is 4.79 Å². The Labute approximate surface area is 126 Å². The molecule has 1 aliphatic heterocycles. The molecule has 3 nitrogen and oxygen atoms in total. The summed E-state index contributed by atoms with van der Waals surface area (Å²) in [4.78, 5) is 11.7. The van der Waals surface area contributed by atoms with Gasteiger partial charge in [-0.05, 0) is 40.0 Å². The van der Waals surface area contributed by atoms with Crippen LogP contribution in [0.15, 0.2) is 27.8 Å². The van der Waals surface area contributed by atoms with Crippen molar-refractivity contribution < 1.29 is 9.18 Å². The number of benzene rings is 1. The molecule has 0 atom stereocenters. The maximum absolute atomic E-state index is 13.2. The minimum absolute atomic E-state index is 0.0986. The summed E-state index contributed by atoms with van der Waals surface area (Å²) in [5, 5.41) is 5.46. The Morgan fingerprint density at radius 2 is 2.25 bits per heavy atom. The van der Waals surface area contributed by atoms with E-state index in [0.717, 1.165) is 24.1 Å². The van der Waals surface area contributed by atoms with Gasteiger partial charge in [0.05, 0.1) is 10.2 Å². The highest BCUT2D eigenvalue weighted by Crippen LogP contribution is 2.20. The molecule has 1 amide bonds. The van der Waals surface area contributed by atoms with E-state index in [4.69, 9.17) is 0 Å². The highest BCUT2D eigenvalue weighted by Gasteiger charge is 2.20. The van der Waals surface area contributed by atoms with Crippen molar-refractivity contribution in [2.75, 3.05) is 0 Å². The third kappa shape index (κ3) is 3.45. The lowest BCUT2D eigenvalue weighted by Gasteiger charge is -2.18. The summed E-state index contributed by atoms with van der Waals surface area (Å²) in [6.45, 7) is 2.03. The molecule has 0 unspecified atom stereocenters. The minimum Gasteiger partial charge on any atom is -0.272 e. The summed E-state index contributed by atoms with van der Waals surface area (Å²) in [6.07, 6.45) is 2.59. The molecule has 1 aromatic carbocycles. The van der Waals surface area contributed by atoms with Crippen molar-refractivity contribution in [3.8, 4) is 12.0 Å². The Bertz CT molecular complexity index is 616.